The maximum atomic E-state index is 8.26. The predicted molar refractivity (Wildman–Crippen MR) is 80.3 cm³/mol. The fourth-order valence-corrected chi connectivity index (χ4v) is 1.84. The van der Waals surface area contributed by atoms with Crippen LogP contribution in [-0.4, -0.2) is 38.1 Å². The predicted octanol–water partition coefficient (Wildman–Crippen LogP) is 3.34. The van der Waals surface area contributed by atoms with Gasteiger partial charge in [-0.1, -0.05) is 23.8 Å². The molecule has 0 radical (unpaired) electrons. The van der Waals surface area contributed by atoms with Crippen LogP contribution in [0.3, 0.4) is 0 Å². The molecule has 0 aromatic rings. The fourth-order valence-electron chi connectivity index (χ4n) is 1.84. The van der Waals surface area contributed by atoms with Gasteiger partial charge in [0, 0.05) is 6.61 Å². The molecule has 0 bridgehead atoms. The average molecular weight is 270 g/mol. The fraction of sp³-hybridized carbons (Fsp3) is 0.750. The summed E-state index contributed by atoms with van der Waals surface area (Å²) in [6.07, 6.45) is 6.17. The van der Waals surface area contributed by atoms with Crippen LogP contribution in [0.15, 0.2) is 23.8 Å². The monoisotopic (exact) mass is 270 g/mol. The summed E-state index contributed by atoms with van der Waals surface area (Å²) >= 11 is 0. The van der Waals surface area contributed by atoms with Crippen molar-refractivity contribution in [3.05, 3.63) is 23.8 Å². The van der Waals surface area contributed by atoms with Crippen LogP contribution in [0.2, 0.25) is 0 Å². The van der Waals surface area contributed by atoms with Crippen LogP contribution in [-0.2, 0) is 9.47 Å². The second-order valence-corrected chi connectivity index (χ2v) is 4.90. The van der Waals surface area contributed by atoms with Gasteiger partial charge in [0.15, 0.2) is 0 Å². The van der Waals surface area contributed by atoms with E-state index >= 15 is 0 Å². The first-order valence-electron chi connectivity index (χ1n) is 7.19. The third kappa shape index (κ3) is 10.9. The van der Waals surface area contributed by atoms with Crippen molar-refractivity contribution in [1.82, 2.24) is 0 Å². The van der Waals surface area contributed by atoms with E-state index < -0.39 is 0 Å². The zero-order valence-electron chi connectivity index (χ0n) is 12.8. The van der Waals surface area contributed by atoms with E-state index in [4.69, 9.17) is 14.6 Å². The van der Waals surface area contributed by atoms with E-state index in [1.165, 1.54) is 24.8 Å². The molecular weight excluding hydrogens is 240 g/mol. The molecule has 3 nitrogen and oxygen atoms in total. The Morgan fingerprint density at radius 2 is 2.05 bits per heavy atom. The number of rotatable bonds is 7. The van der Waals surface area contributed by atoms with Gasteiger partial charge in [-0.3, -0.25) is 0 Å². The Morgan fingerprint density at radius 1 is 1.37 bits per heavy atom. The Kier molecular flexibility index (Phi) is 12.0. The lowest BCUT2D eigenvalue weighted by molar-refractivity contribution is 0.0370. The van der Waals surface area contributed by atoms with Crippen LogP contribution in [0, 0.1) is 5.92 Å². The van der Waals surface area contributed by atoms with Crippen molar-refractivity contribution in [3.63, 3.8) is 0 Å². The quantitative estimate of drug-likeness (QED) is 0.569. The van der Waals surface area contributed by atoms with Gasteiger partial charge in [-0.05, 0) is 46.0 Å². The van der Waals surface area contributed by atoms with E-state index in [1.54, 1.807) is 5.57 Å². The summed E-state index contributed by atoms with van der Waals surface area (Å²) in [7, 11) is 0. The van der Waals surface area contributed by atoms with Crippen molar-refractivity contribution >= 4 is 0 Å². The van der Waals surface area contributed by atoms with Crippen molar-refractivity contribution in [2.24, 2.45) is 5.92 Å². The largest absolute Gasteiger partial charge is 0.394 e. The molecule has 0 spiro atoms. The third-order valence-corrected chi connectivity index (χ3v) is 3.15. The van der Waals surface area contributed by atoms with Gasteiger partial charge in [-0.15, -0.1) is 0 Å². The molecule has 0 saturated heterocycles. The average Bonchev–Trinajstić information content (AvgIpc) is 2.40. The van der Waals surface area contributed by atoms with E-state index in [9.17, 15) is 0 Å². The molecule has 19 heavy (non-hydrogen) atoms. The van der Waals surface area contributed by atoms with Crippen LogP contribution in [0.4, 0.5) is 0 Å². The Morgan fingerprint density at radius 3 is 2.53 bits per heavy atom. The Balaban J connectivity index is 0.000000344. The molecular formula is C16H30O3. The summed E-state index contributed by atoms with van der Waals surface area (Å²) < 4.78 is 9.88. The highest BCUT2D eigenvalue weighted by Gasteiger charge is 2.11. The summed E-state index contributed by atoms with van der Waals surface area (Å²) in [4.78, 5) is 0. The minimum Gasteiger partial charge on any atom is -0.394 e. The van der Waals surface area contributed by atoms with Gasteiger partial charge in [-0.25, -0.2) is 0 Å². The van der Waals surface area contributed by atoms with Crippen molar-refractivity contribution in [3.8, 4) is 0 Å². The van der Waals surface area contributed by atoms with E-state index in [0.29, 0.717) is 19.8 Å². The minimum absolute atomic E-state index is 0.0894. The van der Waals surface area contributed by atoms with Gasteiger partial charge >= 0.3 is 0 Å². The molecule has 0 aromatic carbocycles. The van der Waals surface area contributed by atoms with Gasteiger partial charge in [-0.2, -0.15) is 0 Å². The first-order valence-corrected chi connectivity index (χ1v) is 7.19. The smallest absolute Gasteiger partial charge is 0.0701 e. The number of aliphatic hydroxyl groups excluding tert-OH is 1. The molecule has 0 amide bonds. The van der Waals surface area contributed by atoms with Crippen LogP contribution in [0.5, 0.6) is 0 Å². The van der Waals surface area contributed by atoms with Gasteiger partial charge in [0.1, 0.15) is 0 Å². The Bertz CT molecular complexity index is 253. The number of ether oxygens (including phenoxy) is 2. The molecule has 0 heterocycles. The van der Waals surface area contributed by atoms with Crippen molar-refractivity contribution in [1.29, 1.82) is 0 Å². The van der Waals surface area contributed by atoms with Crippen molar-refractivity contribution < 1.29 is 14.6 Å². The van der Waals surface area contributed by atoms with E-state index in [0.717, 1.165) is 12.5 Å². The summed E-state index contributed by atoms with van der Waals surface area (Å²) in [6.45, 7) is 12.7. The minimum atomic E-state index is 0.0894. The lowest BCUT2D eigenvalue weighted by Crippen LogP contribution is -2.06. The van der Waals surface area contributed by atoms with Crippen LogP contribution in [0.1, 0.15) is 40.0 Å². The Labute approximate surface area is 118 Å². The highest BCUT2D eigenvalue weighted by Crippen LogP contribution is 2.27. The van der Waals surface area contributed by atoms with E-state index in [-0.39, 0.29) is 6.61 Å². The molecule has 0 aromatic heterocycles. The van der Waals surface area contributed by atoms with E-state index in [2.05, 4.69) is 26.5 Å². The van der Waals surface area contributed by atoms with Gasteiger partial charge in [0.2, 0.25) is 0 Å². The summed E-state index contributed by atoms with van der Waals surface area (Å²) in [6, 6.07) is 0. The number of hydrogen-bond donors (Lipinski definition) is 1. The first kappa shape index (κ1) is 18.4. The lowest BCUT2D eigenvalue weighted by Gasteiger charge is -2.19. The summed E-state index contributed by atoms with van der Waals surface area (Å²) in [5.41, 5.74) is 2.90. The normalized spacial score (nSPS) is 18.3. The molecule has 0 fully saturated rings. The highest BCUT2D eigenvalue weighted by atomic mass is 16.5. The molecule has 3 heteroatoms. The molecule has 1 aliphatic carbocycles. The molecule has 112 valence electrons. The van der Waals surface area contributed by atoms with E-state index in [1.807, 2.05) is 6.92 Å². The maximum Gasteiger partial charge on any atom is 0.0701 e. The zero-order chi connectivity index (χ0) is 14.5. The Hall–Kier alpha value is -0.640. The second-order valence-electron chi connectivity index (χ2n) is 4.90. The summed E-state index contributed by atoms with van der Waals surface area (Å²) in [5.74, 6) is 0.767. The summed E-state index contributed by atoms with van der Waals surface area (Å²) in [5, 5.41) is 8.26. The van der Waals surface area contributed by atoms with Crippen molar-refractivity contribution in [2.45, 2.75) is 40.0 Å². The van der Waals surface area contributed by atoms with Gasteiger partial charge in [0.05, 0.1) is 26.4 Å². The molecule has 1 atom stereocenters. The molecule has 0 saturated carbocycles. The molecule has 0 aliphatic heterocycles. The number of hydrogen-bond acceptors (Lipinski definition) is 3. The van der Waals surface area contributed by atoms with Crippen LogP contribution in [0.25, 0.3) is 0 Å². The van der Waals surface area contributed by atoms with Gasteiger partial charge < -0.3 is 14.6 Å². The lowest BCUT2D eigenvalue weighted by atomic mass is 9.86. The topological polar surface area (TPSA) is 38.7 Å². The second kappa shape index (κ2) is 12.4. The first-order chi connectivity index (χ1) is 9.11. The molecule has 1 rings (SSSR count). The number of allylic oxidation sites excluding steroid dienone is 3. The van der Waals surface area contributed by atoms with Crippen LogP contribution < -0.4 is 0 Å². The zero-order valence-corrected chi connectivity index (χ0v) is 12.8. The van der Waals surface area contributed by atoms with Crippen molar-refractivity contribution in [2.75, 3.05) is 33.0 Å². The standard InChI is InChI=1S/C10H16.C6H14O3/c1-8(2)10-6-4-9(3)5-7-10;1-2-8-5-6-9-4-3-7/h4,10H,1,5-7H2,2-3H3;7H,2-6H2,1H3. The molecule has 1 N–H and O–H groups in total. The third-order valence-electron chi connectivity index (χ3n) is 3.15. The van der Waals surface area contributed by atoms with Gasteiger partial charge in [0.25, 0.3) is 0 Å². The van der Waals surface area contributed by atoms with Crippen LogP contribution >= 0.6 is 0 Å². The highest BCUT2D eigenvalue weighted by molar-refractivity contribution is 5.09. The maximum absolute atomic E-state index is 8.26. The SMILES string of the molecule is C=C(C)C1CC=C(C)CC1.CCOCCOCCO. The molecule has 1 aliphatic rings. The molecule has 1 unspecified atom stereocenters. The number of aliphatic hydroxyl groups is 1.